The first-order valence-electron chi connectivity index (χ1n) is 4.55. The average Bonchev–Trinajstić information content (AvgIpc) is 2.08. The van der Waals surface area contributed by atoms with Crippen molar-refractivity contribution in [2.75, 3.05) is 32.8 Å². The predicted octanol–water partition coefficient (Wildman–Crippen LogP) is -0.625. The lowest BCUT2D eigenvalue weighted by atomic mass is 10.2. The first kappa shape index (κ1) is 10.3. The second-order valence-corrected chi connectivity index (χ2v) is 3.25. The summed E-state index contributed by atoms with van der Waals surface area (Å²) in [5.74, 6) is 0. The van der Waals surface area contributed by atoms with Gasteiger partial charge in [0.15, 0.2) is 0 Å². The summed E-state index contributed by atoms with van der Waals surface area (Å²) in [5.41, 5.74) is 4.95. The van der Waals surface area contributed by atoms with E-state index in [0.29, 0.717) is 12.6 Å². The van der Waals surface area contributed by atoms with Crippen molar-refractivity contribution in [1.82, 2.24) is 10.2 Å². The summed E-state index contributed by atoms with van der Waals surface area (Å²) < 4.78 is 5.29. The molecule has 1 heterocycles. The third-order valence-corrected chi connectivity index (χ3v) is 2.20. The van der Waals surface area contributed by atoms with Crippen LogP contribution >= 0.6 is 0 Å². The van der Waals surface area contributed by atoms with Crippen molar-refractivity contribution in [3.63, 3.8) is 0 Å². The molecular weight excluding hydrogens is 170 g/mol. The van der Waals surface area contributed by atoms with Crippen LogP contribution in [-0.2, 0) is 4.74 Å². The highest BCUT2D eigenvalue weighted by molar-refractivity contribution is 5.71. The number of nitrogens with two attached hydrogens (primary N) is 1. The van der Waals surface area contributed by atoms with Crippen LogP contribution in [0, 0.1) is 0 Å². The number of rotatable bonds is 3. The minimum absolute atomic E-state index is 0.434. The van der Waals surface area contributed by atoms with Crippen LogP contribution in [0.2, 0.25) is 0 Å². The first-order chi connectivity index (χ1) is 6.20. The molecule has 5 nitrogen and oxygen atoms in total. The van der Waals surface area contributed by atoms with E-state index in [1.807, 2.05) is 0 Å². The Morgan fingerprint density at radius 2 is 2.54 bits per heavy atom. The zero-order valence-electron chi connectivity index (χ0n) is 7.95. The fourth-order valence-corrected chi connectivity index (χ4v) is 1.42. The summed E-state index contributed by atoms with van der Waals surface area (Å²) in [6, 6.07) is -0.0238. The normalized spacial score (nSPS) is 24.2. The SMILES string of the molecule is CC1COCCN1CCNC(N)=O. The Morgan fingerprint density at radius 1 is 1.77 bits per heavy atom. The molecule has 2 amide bonds. The second-order valence-electron chi connectivity index (χ2n) is 3.25. The molecule has 0 radical (unpaired) electrons. The van der Waals surface area contributed by atoms with E-state index in [9.17, 15) is 4.79 Å². The van der Waals surface area contributed by atoms with Gasteiger partial charge in [0.05, 0.1) is 13.2 Å². The lowest BCUT2D eigenvalue weighted by Gasteiger charge is -2.33. The van der Waals surface area contributed by atoms with Crippen LogP contribution in [-0.4, -0.2) is 49.8 Å². The van der Waals surface area contributed by atoms with E-state index in [1.165, 1.54) is 0 Å². The number of amides is 2. The maximum Gasteiger partial charge on any atom is 0.312 e. The van der Waals surface area contributed by atoms with Gasteiger partial charge in [-0.1, -0.05) is 0 Å². The average molecular weight is 187 g/mol. The molecule has 1 unspecified atom stereocenters. The number of hydrogen-bond donors (Lipinski definition) is 2. The topological polar surface area (TPSA) is 67.6 Å². The van der Waals surface area contributed by atoms with Gasteiger partial charge in [0.25, 0.3) is 0 Å². The molecule has 0 saturated carbocycles. The van der Waals surface area contributed by atoms with Crippen LogP contribution in [0.25, 0.3) is 0 Å². The van der Waals surface area contributed by atoms with Gasteiger partial charge >= 0.3 is 6.03 Å². The second kappa shape index (κ2) is 5.04. The lowest BCUT2D eigenvalue weighted by molar-refractivity contribution is 0.000761. The summed E-state index contributed by atoms with van der Waals surface area (Å²) in [6.45, 7) is 6.05. The highest BCUT2D eigenvalue weighted by Gasteiger charge is 2.17. The molecule has 0 aliphatic carbocycles. The molecule has 13 heavy (non-hydrogen) atoms. The van der Waals surface area contributed by atoms with Gasteiger partial charge < -0.3 is 15.8 Å². The zero-order chi connectivity index (χ0) is 9.68. The number of primary amides is 1. The number of carbonyl (C=O) groups excluding carboxylic acids is 1. The third kappa shape index (κ3) is 3.61. The Morgan fingerprint density at radius 3 is 3.15 bits per heavy atom. The summed E-state index contributed by atoms with van der Waals surface area (Å²) in [7, 11) is 0. The number of morpholine rings is 1. The van der Waals surface area contributed by atoms with Crippen molar-refractivity contribution in [2.45, 2.75) is 13.0 Å². The molecule has 0 spiro atoms. The lowest BCUT2D eigenvalue weighted by Crippen LogP contribution is -2.47. The van der Waals surface area contributed by atoms with E-state index < -0.39 is 6.03 Å². The standard InChI is InChI=1S/C8H17N3O2/c1-7-6-13-5-4-11(7)3-2-10-8(9)12/h7H,2-6H2,1H3,(H3,9,10,12). The predicted molar refractivity (Wildman–Crippen MR) is 49.4 cm³/mol. The van der Waals surface area contributed by atoms with Crippen LogP contribution in [0.1, 0.15) is 6.92 Å². The molecule has 1 rings (SSSR count). The van der Waals surface area contributed by atoms with Crippen molar-refractivity contribution >= 4 is 6.03 Å². The maximum absolute atomic E-state index is 10.4. The molecule has 0 aromatic rings. The molecule has 0 aromatic heterocycles. The fourth-order valence-electron chi connectivity index (χ4n) is 1.42. The molecule has 1 saturated heterocycles. The Bertz CT molecular complexity index is 175. The van der Waals surface area contributed by atoms with E-state index >= 15 is 0 Å². The summed E-state index contributed by atoms with van der Waals surface area (Å²) in [6.07, 6.45) is 0. The minimum atomic E-state index is -0.457. The van der Waals surface area contributed by atoms with E-state index in [0.717, 1.165) is 26.3 Å². The fraction of sp³-hybridized carbons (Fsp3) is 0.875. The molecule has 1 fully saturated rings. The molecule has 3 N–H and O–H groups in total. The van der Waals surface area contributed by atoms with Crippen LogP contribution in [0.15, 0.2) is 0 Å². The van der Waals surface area contributed by atoms with Gasteiger partial charge in [-0.25, -0.2) is 4.79 Å². The van der Waals surface area contributed by atoms with E-state index in [-0.39, 0.29) is 0 Å². The van der Waals surface area contributed by atoms with Crippen molar-refractivity contribution < 1.29 is 9.53 Å². The first-order valence-corrected chi connectivity index (χ1v) is 4.55. The number of carbonyl (C=O) groups is 1. The molecule has 1 atom stereocenters. The molecular formula is C8H17N3O2. The van der Waals surface area contributed by atoms with Gasteiger partial charge in [0, 0.05) is 25.7 Å². The van der Waals surface area contributed by atoms with Gasteiger partial charge in [-0.2, -0.15) is 0 Å². The molecule has 0 bridgehead atoms. The van der Waals surface area contributed by atoms with Crippen molar-refractivity contribution in [2.24, 2.45) is 5.73 Å². The Labute approximate surface area is 78.2 Å². The van der Waals surface area contributed by atoms with Gasteiger partial charge in [0.1, 0.15) is 0 Å². The van der Waals surface area contributed by atoms with Crippen LogP contribution in [0.4, 0.5) is 4.79 Å². The summed E-state index contributed by atoms with van der Waals surface area (Å²) >= 11 is 0. The largest absolute Gasteiger partial charge is 0.379 e. The third-order valence-electron chi connectivity index (χ3n) is 2.20. The highest BCUT2D eigenvalue weighted by atomic mass is 16.5. The van der Waals surface area contributed by atoms with Gasteiger partial charge in [-0.3, -0.25) is 4.90 Å². The van der Waals surface area contributed by atoms with E-state index in [4.69, 9.17) is 10.5 Å². The number of hydrogen-bond acceptors (Lipinski definition) is 3. The summed E-state index contributed by atoms with van der Waals surface area (Å²) in [5, 5.41) is 2.57. The smallest absolute Gasteiger partial charge is 0.312 e. The van der Waals surface area contributed by atoms with Crippen LogP contribution < -0.4 is 11.1 Å². The zero-order valence-corrected chi connectivity index (χ0v) is 7.95. The van der Waals surface area contributed by atoms with E-state index in [1.54, 1.807) is 0 Å². The molecule has 0 aromatic carbocycles. The number of urea groups is 1. The van der Waals surface area contributed by atoms with Crippen molar-refractivity contribution in [1.29, 1.82) is 0 Å². The Kier molecular flexibility index (Phi) is 3.98. The van der Waals surface area contributed by atoms with E-state index in [2.05, 4.69) is 17.1 Å². The minimum Gasteiger partial charge on any atom is -0.379 e. The number of nitrogens with one attached hydrogen (secondary N) is 1. The quantitative estimate of drug-likeness (QED) is 0.618. The molecule has 1 aliphatic rings. The monoisotopic (exact) mass is 187 g/mol. The van der Waals surface area contributed by atoms with Crippen molar-refractivity contribution in [3.05, 3.63) is 0 Å². The Balaban J connectivity index is 2.15. The molecule has 76 valence electrons. The highest BCUT2D eigenvalue weighted by Crippen LogP contribution is 2.04. The number of nitrogens with zero attached hydrogens (tertiary/aromatic N) is 1. The summed E-state index contributed by atoms with van der Waals surface area (Å²) in [4.78, 5) is 12.7. The van der Waals surface area contributed by atoms with Crippen LogP contribution in [0.5, 0.6) is 0 Å². The number of ether oxygens (including phenoxy) is 1. The van der Waals surface area contributed by atoms with Crippen molar-refractivity contribution in [3.8, 4) is 0 Å². The molecule has 5 heteroatoms. The van der Waals surface area contributed by atoms with Crippen LogP contribution in [0.3, 0.4) is 0 Å². The van der Waals surface area contributed by atoms with Gasteiger partial charge in [-0.15, -0.1) is 0 Å². The Hall–Kier alpha value is -0.810. The van der Waals surface area contributed by atoms with Gasteiger partial charge in [0.2, 0.25) is 0 Å². The molecule has 1 aliphatic heterocycles. The maximum atomic E-state index is 10.4. The van der Waals surface area contributed by atoms with Gasteiger partial charge in [-0.05, 0) is 6.92 Å².